The van der Waals surface area contributed by atoms with Gasteiger partial charge in [0.2, 0.25) is 0 Å². The summed E-state index contributed by atoms with van der Waals surface area (Å²) in [7, 11) is 0. The molecule has 1 amide bonds. The van der Waals surface area contributed by atoms with E-state index in [1.165, 1.54) is 18.2 Å². The fraction of sp³-hybridized carbons (Fsp3) is 0.385. The van der Waals surface area contributed by atoms with E-state index in [9.17, 15) is 14.7 Å². The fourth-order valence-corrected chi connectivity index (χ4v) is 1.79. The van der Waals surface area contributed by atoms with Crippen molar-refractivity contribution in [2.24, 2.45) is 5.92 Å². The molecule has 19 heavy (non-hydrogen) atoms. The Bertz CT molecular complexity index is 488. The number of carbonyl (C=O) groups excluding carboxylic acids is 1. The predicted octanol–water partition coefficient (Wildman–Crippen LogP) is 2.27. The maximum Gasteiger partial charge on any atom is 0.326 e. The van der Waals surface area contributed by atoms with Gasteiger partial charge in [0, 0.05) is 5.02 Å². The normalized spacial score (nSPS) is 12.2. The number of hydrogen-bond acceptors (Lipinski definition) is 3. The highest BCUT2D eigenvalue weighted by atomic mass is 35.5. The van der Waals surface area contributed by atoms with Crippen LogP contribution in [0.4, 0.5) is 0 Å². The Labute approximate surface area is 116 Å². The van der Waals surface area contributed by atoms with Crippen molar-refractivity contribution in [1.29, 1.82) is 0 Å². The summed E-state index contributed by atoms with van der Waals surface area (Å²) in [6, 6.07) is 3.05. The van der Waals surface area contributed by atoms with Gasteiger partial charge in [-0.05, 0) is 30.5 Å². The number of carbonyl (C=O) groups is 2. The van der Waals surface area contributed by atoms with Gasteiger partial charge < -0.3 is 15.5 Å². The van der Waals surface area contributed by atoms with Crippen molar-refractivity contribution < 1.29 is 19.8 Å². The predicted molar refractivity (Wildman–Crippen MR) is 71.5 cm³/mol. The van der Waals surface area contributed by atoms with Crippen LogP contribution in [0.2, 0.25) is 5.02 Å². The minimum atomic E-state index is -1.10. The molecule has 0 aliphatic carbocycles. The number of hydrogen-bond donors (Lipinski definition) is 3. The largest absolute Gasteiger partial charge is 0.507 e. The Morgan fingerprint density at radius 2 is 2.00 bits per heavy atom. The molecule has 6 heteroatoms. The quantitative estimate of drug-likeness (QED) is 0.774. The lowest BCUT2D eigenvalue weighted by atomic mass is 10.0. The van der Waals surface area contributed by atoms with Crippen molar-refractivity contribution in [1.82, 2.24) is 5.32 Å². The number of phenolic OH excluding ortho intramolecular Hbond substituents is 1. The van der Waals surface area contributed by atoms with E-state index in [2.05, 4.69) is 5.32 Å². The summed E-state index contributed by atoms with van der Waals surface area (Å²) in [5.74, 6) is -1.89. The highest BCUT2D eigenvalue weighted by molar-refractivity contribution is 6.30. The molecule has 1 aromatic carbocycles. The molecule has 0 saturated heterocycles. The number of aliphatic carboxylic acids is 1. The second kappa shape index (κ2) is 6.43. The zero-order chi connectivity index (χ0) is 14.6. The van der Waals surface area contributed by atoms with Crippen molar-refractivity contribution >= 4 is 23.5 Å². The molecule has 0 heterocycles. The summed E-state index contributed by atoms with van der Waals surface area (Å²) in [4.78, 5) is 22.9. The summed E-state index contributed by atoms with van der Waals surface area (Å²) >= 11 is 5.66. The van der Waals surface area contributed by atoms with Crippen LogP contribution in [0.3, 0.4) is 0 Å². The zero-order valence-electron chi connectivity index (χ0n) is 10.7. The number of aromatic hydroxyl groups is 1. The first-order chi connectivity index (χ1) is 8.81. The van der Waals surface area contributed by atoms with Crippen molar-refractivity contribution in [2.75, 3.05) is 0 Å². The molecule has 0 bridgehead atoms. The van der Waals surface area contributed by atoms with Gasteiger partial charge in [0.05, 0.1) is 5.56 Å². The van der Waals surface area contributed by atoms with Crippen LogP contribution in [0.1, 0.15) is 30.6 Å². The number of carboxylic acids is 1. The van der Waals surface area contributed by atoms with Crippen LogP contribution in [-0.2, 0) is 4.79 Å². The third-order valence-electron chi connectivity index (χ3n) is 2.51. The van der Waals surface area contributed by atoms with Gasteiger partial charge in [-0.1, -0.05) is 25.4 Å². The van der Waals surface area contributed by atoms with E-state index >= 15 is 0 Å². The van der Waals surface area contributed by atoms with E-state index in [0.29, 0.717) is 11.4 Å². The molecule has 0 spiro atoms. The number of rotatable bonds is 5. The summed E-state index contributed by atoms with van der Waals surface area (Å²) in [5.41, 5.74) is -0.000550. The molecule has 1 atom stereocenters. The number of carboxylic acid groups (broad SMARTS) is 1. The van der Waals surface area contributed by atoms with Crippen LogP contribution in [0.25, 0.3) is 0 Å². The van der Waals surface area contributed by atoms with Crippen molar-refractivity contribution in [3.63, 3.8) is 0 Å². The summed E-state index contributed by atoms with van der Waals surface area (Å²) < 4.78 is 0. The van der Waals surface area contributed by atoms with Gasteiger partial charge in [0.15, 0.2) is 0 Å². The van der Waals surface area contributed by atoms with E-state index in [-0.39, 0.29) is 17.2 Å². The second-order valence-corrected chi connectivity index (χ2v) is 5.09. The molecular weight excluding hydrogens is 270 g/mol. The van der Waals surface area contributed by atoms with E-state index in [1.807, 2.05) is 13.8 Å². The van der Waals surface area contributed by atoms with Crippen LogP contribution >= 0.6 is 11.6 Å². The van der Waals surface area contributed by atoms with Gasteiger partial charge in [0.25, 0.3) is 5.91 Å². The van der Waals surface area contributed by atoms with E-state index in [1.54, 1.807) is 0 Å². The lowest BCUT2D eigenvalue weighted by Crippen LogP contribution is -2.41. The maximum atomic E-state index is 11.9. The van der Waals surface area contributed by atoms with Crippen molar-refractivity contribution in [3.8, 4) is 5.75 Å². The van der Waals surface area contributed by atoms with Gasteiger partial charge >= 0.3 is 5.97 Å². The number of benzene rings is 1. The third-order valence-corrected chi connectivity index (χ3v) is 2.75. The average Bonchev–Trinajstić information content (AvgIpc) is 2.26. The molecule has 3 N–H and O–H groups in total. The average molecular weight is 286 g/mol. The lowest BCUT2D eigenvalue weighted by molar-refractivity contribution is -0.139. The Morgan fingerprint density at radius 1 is 1.37 bits per heavy atom. The standard InChI is InChI=1S/C13H16ClNO4/c1-7(2)5-10(13(18)19)15-12(17)9-4-3-8(14)6-11(9)16/h3-4,6-7,10,16H,5H2,1-2H3,(H,15,17)(H,18,19). The van der Waals surface area contributed by atoms with E-state index in [0.717, 1.165) is 0 Å². The maximum absolute atomic E-state index is 11.9. The Morgan fingerprint density at radius 3 is 2.47 bits per heavy atom. The molecule has 104 valence electrons. The van der Waals surface area contributed by atoms with Crippen LogP contribution in [0.5, 0.6) is 5.75 Å². The van der Waals surface area contributed by atoms with Gasteiger partial charge in [-0.2, -0.15) is 0 Å². The Balaban J connectivity index is 2.84. The summed E-state index contributed by atoms with van der Waals surface area (Å²) in [6.45, 7) is 3.73. The molecule has 0 fully saturated rings. The Kier molecular flexibility index (Phi) is 5.18. The molecule has 1 aromatic rings. The highest BCUT2D eigenvalue weighted by Crippen LogP contribution is 2.22. The number of halogens is 1. The number of amides is 1. The number of phenols is 1. The van der Waals surface area contributed by atoms with E-state index < -0.39 is 17.9 Å². The molecular formula is C13H16ClNO4. The minimum Gasteiger partial charge on any atom is -0.507 e. The second-order valence-electron chi connectivity index (χ2n) is 4.66. The monoisotopic (exact) mass is 285 g/mol. The van der Waals surface area contributed by atoms with Gasteiger partial charge in [-0.25, -0.2) is 4.79 Å². The van der Waals surface area contributed by atoms with E-state index in [4.69, 9.17) is 16.7 Å². The molecule has 0 aliphatic rings. The van der Waals surface area contributed by atoms with Crippen molar-refractivity contribution in [3.05, 3.63) is 28.8 Å². The molecule has 0 aliphatic heterocycles. The first-order valence-corrected chi connectivity index (χ1v) is 6.21. The smallest absolute Gasteiger partial charge is 0.326 e. The van der Waals surface area contributed by atoms with Crippen LogP contribution in [-0.4, -0.2) is 28.1 Å². The third kappa shape index (κ3) is 4.44. The molecule has 5 nitrogen and oxygen atoms in total. The van der Waals surface area contributed by atoms with Gasteiger partial charge in [-0.3, -0.25) is 4.79 Å². The summed E-state index contributed by atoms with van der Waals surface area (Å²) in [6.07, 6.45) is 0.315. The first kappa shape index (κ1) is 15.3. The fourth-order valence-electron chi connectivity index (χ4n) is 1.63. The van der Waals surface area contributed by atoms with Crippen LogP contribution in [0.15, 0.2) is 18.2 Å². The molecule has 0 saturated carbocycles. The SMILES string of the molecule is CC(C)CC(NC(=O)c1ccc(Cl)cc1O)C(=O)O. The van der Waals surface area contributed by atoms with Crippen molar-refractivity contribution in [2.45, 2.75) is 26.3 Å². The lowest BCUT2D eigenvalue weighted by Gasteiger charge is -2.16. The zero-order valence-corrected chi connectivity index (χ0v) is 11.4. The van der Waals surface area contributed by atoms with Crippen LogP contribution < -0.4 is 5.32 Å². The highest BCUT2D eigenvalue weighted by Gasteiger charge is 2.22. The Hall–Kier alpha value is -1.75. The topological polar surface area (TPSA) is 86.6 Å². The van der Waals surface area contributed by atoms with Gasteiger partial charge in [0.1, 0.15) is 11.8 Å². The first-order valence-electron chi connectivity index (χ1n) is 5.83. The molecule has 1 unspecified atom stereocenters. The minimum absolute atomic E-state index is 0.000550. The molecule has 0 radical (unpaired) electrons. The molecule has 1 rings (SSSR count). The van der Waals surface area contributed by atoms with Crippen LogP contribution in [0, 0.1) is 5.92 Å². The molecule has 0 aromatic heterocycles. The summed E-state index contributed by atoms with van der Waals surface area (Å²) in [5, 5.41) is 21.3. The number of nitrogens with one attached hydrogen (secondary N) is 1. The van der Waals surface area contributed by atoms with Gasteiger partial charge in [-0.15, -0.1) is 0 Å².